The molecule has 0 aromatic carbocycles. The molecule has 2 aliphatic rings. The summed E-state index contributed by atoms with van der Waals surface area (Å²) in [7, 11) is 0. The van der Waals surface area contributed by atoms with Crippen molar-refractivity contribution in [3.63, 3.8) is 0 Å². The van der Waals surface area contributed by atoms with E-state index in [1.54, 1.807) is 6.08 Å². The monoisotopic (exact) mass is 307 g/mol. The summed E-state index contributed by atoms with van der Waals surface area (Å²) in [5.74, 6) is 1.60. The van der Waals surface area contributed by atoms with Crippen LogP contribution in [0.5, 0.6) is 0 Å². The lowest BCUT2D eigenvalue weighted by Crippen LogP contribution is -2.39. The third kappa shape index (κ3) is 2.69. The van der Waals surface area contributed by atoms with Crippen LogP contribution in [0.4, 0.5) is 0 Å². The number of aryl methyl sites for hydroxylation is 1. The van der Waals surface area contributed by atoms with Gasteiger partial charge in [-0.25, -0.2) is 0 Å². The summed E-state index contributed by atoms with van der Waals surface area (Å²) in [5.41, 5.74) is 0. The van der Waals surface area contributed by atoms with Crippen LogP contribution in [0.15, 0.2) is 21.5 Å². The minimum absolute atomic E-state index is 0.0425. The first-order chi connectivity index (χ1) is 9.65. The van der Waals surface area contributed by atoms with Crippen molar-refractivity contribution in [1.29, 1.82) is 0 Å². The molecule has 2 fully saturated rings. The molecular formula is C15H17NO2S2. The van der Waals surface area contributed by atoms with Gasteiger partial charge in [-0.1, -0.05) is 43.2 Å². The Morgan fingerprint density at radius 3 is 2.75 bits per heavy atom. The minimum atomic E-state index is 0.0425. The zero-order chi connectivity index (χ0) is 14.1. The highest BCUT2D eigenvalue weighted by Crippen LogP contribution is 2.37. The van der Waals surface area contributed by atoms with E-state index in [1.807, 2.05) is 24.0 Å². The van der Waals surface area contributed by atoms with E-state index < -0.39 is 0 Å². The molecule has 2 heterocycles. The zero-order valence-electron chi connectivity index (χ0n) is 11.4. The Morgan fingerprint density at radius 2 is 2.10 bits per heavy atom. The van der Waals surface area contributed by atoms with Crippen molar-refractivity contribution in [2.45, 2.75) is 45.1 Å². The third-order valence-electron chi connectivity index (χ3n) is 3.80. The molecule has 0 radical (unpaired) electrons. The van der Waals surface area contributed by atoms with E-state index in [-0.39, 0.29) is 5.91 Å². The van der Waals surface area contributed by atoms with Crippen molar-refractivity contribution >= 4 is 40.3 Å². The number of rotatable bonds is 2. The third-order valence-corrected chi connectivity index (χ3v) is 5.13. The molecule has 5 heteroatoms. The highest BCUT2D eigenvalue weighted by atomic mass is 32.2. The number of thiocarbonyl (C=S) groups is 1. The van der Waals surface area contributed by atoms with Gasteiger partial charge >= 0.3 is 0 Å². The molecule has 3 nitrogen and oxygen atoms in total. The lowest BCUT2D eigenvalue weighted by atomic mass is 9.94. The van der Waals surface area contributed by atoms with Gasteiger partial charge in [0.2, 0.25) is 0 Å². The minimum Gasteiger partial charge on any atom is -0.462 e. The van der Waals surface area contributed by atoms with Crippen LogP contribution in [0.1, 0.15) is 43.6 Å². The van der Waals surface area contributed by atoms with Gasteiger partial charge in [0.25, 0.3) is 5.91 Å². The molecule has 1 aliphatic heterocycles. The fourth-order valence-electron chi connectivity index (χ4n) is 2.79. The fraction of sp³-hybridized carbons (Fsp3) is 0.467. The van der Waals surface area contributed by atoms with Gasteiger partial charge in [0.05, 0.1) is 4.91 Å². The number of carbonyl (C=O) groups excluding carboxylic acids is 1. The largest absolute Gasteiger partial charge is 0.462 e. The zero-order valence-corrected chi connectivity index (χ0v) is 13.1. The SMILES string of the molecule is Cc1ccc(C=C2SC(=S)N(C3CCCCC3)C2=O)o1. The second-order valence-corrected chi connectivity index (χ2v) is 6.97. The van der Waals surface area contributed by atoms with Gasteiger partial charge in [0.15, 0.2) is 0 Å². The van der Waals surface area contributed by atoms with Crippen LogP contribution < -0.4 is 0 Å². The lowest BCUT2D eigenvalue weighted by Gasteiger charge is -2.29. The van der Waals surface area contributed by atoms with Gasteiger partial charge in [-0.3, -0.25) is 9.69 Å². The molecule has 1 amide bonds. The number of amides is 1. The molecule has 0 atom stereocenters. The predicted octanol–water partition coefficient (Wildman–Crippen LogP) is 4.12. The Kier molecular flexibility index (Phi) is 3.98. The maximum atomic E-state index is 12.5. The first-order valence-electron chi connectivity index (χ1n) is 6.98. The molecule has 0 spiro atoms. The molecule has 106 valence electrons. The van der Waals surface area contributed by atoms with Gasteiger partial charge in [0, 0.05) is 12.1 Å². The molecule has 0 bridgehead atoms. The molecule has 1 aliphatic carbocycles. The summed E-state index contributed by atoms with van der Waals surface area (Å²) < 4.78 is 6.20. The summed E-state index contributed by atoms with van der Waals surface area (Å²) >= 11 is 6.78. The standard InChI is InChI=1S/C15H17NO2S2/c1-10-7-8-12(18-10)9-13-14(17)16(15(19)20-13)11-5-3-2-4-6-11/h7-9,11H,2-6H2,1H3. The van der Waals surface area contributed by atoms with Gasteiger partial charge in [-0.2, -0.15) is 0 Å². The van der Waals surface area contributed by atoms with Crippen molar-refractivity contribution < 1.29 is 9.21 Å². The van der Waals surface area contributed by atoms with Gasteiger partial charge < -0.3 is 4.42 Å². The molecule has 0 N–H and O–H groups in total. The van der Waals surface area contributed by atoms with Gasteiger partial charge in [-0.15, -0.1) is 0 Å². The number of thioether (sulfide) groups is 1. The van der Waals surface area contributed by atoms with Crippen LogP contribution in [-0.2, 0) is 4.79 Å². The molecule has 3 rings (SSSR count). The maximum Gasteiger partial charge on any atom is 0.266 e. The summed E-state index contributed by atoms with van der Waals surface area (Å²) in [6.45, 7) is 1.89. The Morgan fingerprint density at radius 1 is 1.35 bits per heavy atom. The highest BCUT2D eigenvalue weighted by Gasteiger charge is 2.37. The van der Waals surface area contributed by atoms with Crippen LogP contribution in [0, 0.1) is 6.92 Å². The Bertz CT molecular complexity index is 570. The number of hydrogen-bond donors (Lipinski definition) is 0. The highest BCUT2D eigenvalue weighted by molar-refractivity contribution is 8.26. The molecule has 1 saturated carbocycles. The summed E-state index contributed by atoms with van der Waals surface area (Å²) in [4.78, 5) is 15.0. The average molecular weight is 307 g/mol. The number of hydrogen-bond acceptors (Lipinski definition) is 4. The smallest absolute Gasteiger partial charge is 0.266 e. The average Bonchev–Trinajstić information content (AvgIpc) is 2.96. The van der Waals surface area contributed by atoms with E-state index in [4.69, 9.17) is 16.6 Å². The second-order valence-electron chi connectivity index (χ2n) is 5.29. The Balaban J connectivity index is 1.81. The second kappa shape index (κ2) is 5.74. The van der Waals surface area contributed by atoms with Gasteiger partial charge in [-0.05, 0) is 31.9 Å². The fourth-order valence-corrected chi connectivity index (χ4v) is 4.17. The van der Waals surface area contributed by atoms with Crippen molar-refractivity contribution in [2.75, 3.05) is 0 Å². The Labute approximate surface area is 128 Å². The van der Waals surface area contributed by atoms with Crippen LogP contribution in [-0.4, -0.2) is 21.2 Å². The molecule has 1 aromatic heterocycles. The molecule has 20 heavy (non-hydrogen) atoms. The quantitative estimate of drug-likeness (QED) is 0.608. The topological polar surface area (TPSA) is 33.5 Å². The first-order valence-corrected chi connectivity index (χ1v) is 8.21. The summed E-state index contributed by atoms with van der Waals surface area (Å²) in [6, 6.07) is 4.07. The normalized spacial score (nSPS) is 23.1. The molecular weight excluding hydrogens is 290 g/mol. The number of nitrogens with zero attached hydrogens (tertiary/aromatic N) is 1. The van der Waals surface area contributed by atoms with Crippen molar-refractivity contribution in [3.8, 4) is 0 Å². The van der Waals surface area contributed by atoms with Crippen LogP contribution in [0.3, 0.4) is 0 Å². The van der Waals surface area contributed by atoms with E-state index in [0.29, 0.717) is 21.0 Å². The number of carbonyl (C=O) groups is 1. The molecule has 1 saturated heterocycles. The van der Waals surface area contributed by atoms with E-state index >= 15 is 0 Å². The van der Waals surface area contributed by atoms with Crippen molar-refractivity contribution in [2.24, 2.45) is 0 Å². The maximum absolute atomic E-state index is 12.5. The van der Waals surface area contributed by atoms with Crippen molar-refractivity contribution in [3.05, 3.63) is 28.6 Å². The van der Waals surface area contributed by atoms with Gasteiger partial charge in [0.1, 0.15) is 15.8 Å². The Hall–Kier alpha value is -1.07. The molecule has 0 unspecified atom stereocenters. The lowest BCUT2D eigenvalue weighted by molar-refractivity contribution is -0.124. The van der Waals surface area contributed by atoms with E-state index in [1.165, 1.54) is 31.0 Å². The van der Waals surface area contributed by atoms with E-state index in [9.17, 15) is 4.79 Å². The van der Waals surface area contributed by atoms with E-state index in [2.05, 4.69) is 0 Å². The molecule has 1 aromatic rings. The van der Waals surface area contributed by atoms with Crippen LogP contribution in [0.2, 0.25) is 0 Å². The first kappa shape index (κ1) is 13.9. The van der Waals surface area contributed by atoms with Crippen LogP contribution >= 0.6 is 24.0 Å². The number of furan rings is 1. The summed E-state index contributed by atoms with van der Waals surface area (Å²) in [5, 5.41) is 0. The van der Waals surface area contributed by atoms with Crippen molar-refractivity contribution in [1.82, 2.24) is 4.90 Å². The summed E-state index contributed by atoms with van der Waals surface area (Å²) in [6.07, 6.45) is 7.59. The predicted molar refractivity (Wildman–Crippen MR) is 85.3 cm³/mol. The van der Waals surface area contributed by atoms with Crippen LogP contribution in [0.25, 0.3) is 6.08 Å². The van der Waals surface area contributed by atoms with E-state index in [0.717, 1.165) is 18.6 Å².